The number of halogens is 1. The second kappa shape index (κ2) is 6.67. The fourth-order valence-electron chi connectivity index (χ4n) is 2.94. The van der Waals surface area contributed by atoms with Gasteiger partial charge in [-0.3, -0.25) is 4.90 Å². The molecule has 0 radical (unpaired) electrons. The van der Waals surface area contributed by atoms with E-state index in [1.54, 1.807) is 0 Å². The Labute approximate surface area is 132 Å². The first-order chi connectivity index (χ1) is 9.52. The standard InChI is InChI=1S/C11H16INO6S/c1-18-10(16)7-5-4-6(9(15)8(5)14)13(7)11(17)19-2-3-20-12/h5-9,14-15H,2-4H2,1H3. The van der Waals surface area contributed by atoms with Gasteiger partial charge in [0.15, 0.2) is 0 Å². The van der Waals surface area contributed by atoms with Crippen molar-refractivity contribution in [1.29, 1.82) is 0 Å². The molecule has 7 nitrogen and oxygen atoms in total. The number of amides is 1. The maximum Gasteiger partial charge on any atom is 0.410 e. The van der Waals surface area contributed by atoms with Gasteiger partial charge in [0.1, 0.15) is 18.8 Å². The van der Waals surface area contributed by atoms with Crippen LogP contribution in [0, 0.1) is 5.92 Å². The highest BCUT2D eigenvalue weighted by molar-refractivity contribution is 14.2. The van der Waals surface area contributed by atoms with E-state index < -0.39 is 42.3 Å². The van der Waals surface area contributed by atoms with Crippen molar-refractivity contribution in [3.8, 4) is 0 Å². The average Bonchev–Trinajstić information content (AvgIpc) is 2.96. The molecule has 1 heterocycles. The van der Waals surface area contributed by atoms with E-state index in [-0.39, 0.29) is 6.61 Å². The van der Waals surface area contributed by atoms with Crippen molar-refractivity contribution in [3.05, 3.63) is 0 Å². The predicted molar refractivity (Wildman–Crippen MR) is 79.4 cm³/mol. The summed E-state index contributed by atoms with van der Waals surface area (Å²) in [5.74, 6) is -0.458. The number of piperidine rings is 1. The SMILES string of the molecule is COC(=O)C1C2CC(C(O)C2O)N1C(=O)OCCSI. The van der Waals surface area contributed by atoms with Crippen molar-refractivity contribution >= 4 is 42.2 Å². The summed E-state index contributed by atoms with van der Waals surface area (Å²) >= 11 is 2.09. The fourth-order valence-corrected chi connectivity index (χ4v) is 3.62. The number of nitrogens with zero attached hydrogens (tertiary/aromatic N) is 1. The Hall–Kier alpha value is -0.260. The molecule has 0 aromatic carbocycles. The highest BCUT2D eigenvalue weighted by atomic mass is 127. The summed E-state index contributed by atoms with van der Waals surface area (Å²) in [6.45, 7) is 0.229. The first-order valence-electron chi connectivity index (χ1n) is 6.15. The maximum absolute atomic E-state index is 12.1. The highest BCUT2D eigenvalue weighted by Gasteiger charge is 2.61. The summed E-state index contributed by atoms with van der Waals surface area (Å²) in [7, 11) is 2.74. The molecule has 20 heavy (non-hydrogen) atoms. The second-order valence-electron chi connectivity index (χ2n) is 4.75. The van der Waals surface area contributed by atoms with Gasteiger partial charge >= 0.3 is 12.1 Å². The molecular formula is C11H16INO6S. The molecule has 2 bridgehead atoms. The molecule has 0 spiro atoms. The molecule has 2 aliphatic rings. The topological polar surface area (TPSA) is 96.3 Å². The zero-order valence-corrected chi connectivity index (χ0v) is 13.7. The molecule has 5 unspecified atom stereocenters. The van der Waals surface area contributed by atoms with E-state index in [2.05, 4.69) is 25.9 Å². The van der Waals surface area contributed by atoms with Crippen LogP contribution < -0.4 is 0 Å². The van der Waals surface area contributed by atoms with Crippen LogP contribution in [0.15, 0.2) is 0 Å². The van der Waals surface area contributed by atoms with Crippen LogP contribution in [0.3, 0.4) is 0 Å². The van der Waals surface area contributed by atoms with E-state index in [0.29, 0.717) is 12.2 Å². The van der Waals surface area contributed by atoms with E-state index in [1.165, 1.54) is 20.9 Å². The zero-order valence-electron chi connectivity index (χ0n) is 10.8. The first kappa shape index (κ1) is 16.1. The molecule has 5 atom stereocenters. The lowest BCUT2D eigenvalue weighted by Crippen LogP contribution is -2.58. The summed E-state index contributed by atoms with van der Waals surface area (Å²) < 4.78 is 9.78. The van der Waals surface area contributed by atoms with Gasteiger partial charge in [0.25, 0.3) is 0 Å². The quantitative estimate of drug-likeness (QED) is 0.383. The Morgan fingerprint density at radius 3 is 2.70 bits per heavy atom. The van der Waals surface area contributed by atoms with Gasteiger partial charge < -0.3 is 19.7 Å². The summed E-state index contributed by atoms with van der Waals surface area (Å²) in [5, 5.41) is 19.8. The van der Waals surface area contributed by atoms with Crippen LogP contribution in [0.2, 0.25) is 0 Å². The molecule has 0 aromatic heterocycles. The van der Waals surface area contributed by atoms with E-state index in [1.807, 2.05) is 0 Å². The van der Waals surface area contributed by atoms with Gasteiger partial charge in [0.05, 0.1) is 19.3 Å². The fraction of sp³-hybridized carbons (Fsp3) is 0.818. The summed E-state index contributed by atoms with van der Waals surface area (Å²) in [5.41, 5.74) is 0. The third-order valence-electron chi connectivity index (χ3n) is 3.80. The number of carbonyl (C=O) groups is 2. The molecular weight excluding hydrogens is 401 g/mol. The third kappa shape index (κ3) is 2.72. The van der Waals surface area contributed by atoms with Gasteiger partial charge in [0.2, 0.25) is 0 Å². The van der Waals surface area contributed by atoms with Crippen molar-refractivity contribution in [2.45, 2.75) is 30.7 Å². The normalized spacial score (nSPS) is 35.2. The van der Waals surface area contributed by atoms with Crippen molar-refractivity contribution in [2.24, 2.45) is 5.92 Å². The van der Waals surface area contributed by atoms with Crippen molar-refractivity contribution in [1.82, 2.24) is 4.90 Å². The number of carbonyl (C=O) groups excluding carboxylic acids is 2. The monoisotopic (exact) mass is 417 g/mol. The molecule has 1 saturated carbocycles. The average molecular weight is 417 g/mol. The number of esters is 1. The van der Waals surface area contributed by atoms with Crippen molar-refractivity contribution in [3.63, 3.8) is 0 Å². The smallest absolute Gasteiger partial charge is 0.410 e. The number of aliphatic hydroxyl groups excluding tert-OH is 2. The Balaban J connectivity index is 2.12. The van der Waals surface area contributed by atoms with Gasteiger partial charge in [-0.2, -0.15) is 0 Å². The van der Waals surface area contributed by atoms with Gasteiger partial charge in [-0.05, 0) is 27.6 Å². The minimum Gasteiger partial charge on any atom is -0.467 e. The van der Waals surface area contributed by atoms with Gasteiger partial charge in [0, 0.05) is 11.7 Å². The van der Waals surface area contributed by atoms with Crippen LogP contribution in [-0.2, 0) is 14.3 Å². The predicted octanol–water partition coefficient (Wildman–Crippen LogP) is 0.174. The summed E-state index contributed by atoms with van der Waals surface area (Å²) in [4.78, 5) is 25.1. The lowest BCUT2D eigenvalue weighted by molar-refractivity contribution is -0.153. The van der Waals surface area contributed by atoms with Gasteiger partial charge in [-0.25, -0.2) is 9.59 Å². The molecule has 1 amide bonds. The van der Waals surface area contributed by atoms with Gasteiger partial charge in [-0.15, -0.1) is 0 Å². The lowest BCUT2D eigenvalue weighted by atomic mass is 9.95. The summed E-state index contributed by atoms with van der Waals surface area (Å²) in [6.07, 6.45) is -2.34. The van der Waals surface area contributed by atoms with Crippen molar-refractivity contribution in [2.75, 3.05) is 19.5 Å². The number of hydrogen-bond donors (Lipinski definition) is 2. The number of fused-ring (bicyclic) bond motifs is 2. The molecule has 2 fully saturated rings. The number of rotatable bonds is 4. The van der Waals surface area contributed by atoms with E-state index >= 15 is 0 Å². The van der Waals surface area contributed by atoms with Crippen LogP contribution in [0.1, 0.15) is 6.42 Å². The van der Waals surface area contributed by atoms with E-state index in [9.17, 15) is 19.8 Å². The van der Waals surface area contributed by atoms with Gasteiger partial charge in [-0.1, -0.05) is 8.93 Å². The second-order valence-corrected chi connectivity index (χ2v) is 7.25. The largest absolute Gasteiger partial charge is 0.467 e. The third-order valence-corrected chi connectivity index (χ3v) is 5.44. The first-order valence-corrected chi connectivity index (χ1v) is 9.68. The number of hydrogen-bond acceptors (Lipinski definition) is 7. The Morgan fingerprint density at radius 1 is 1.40 bits per heavy atom. The van der Waals surface area contributed by atoms with E-state index in [0.717, 1.165) is 0 Å². The highest BCUT2D eigenvalue weighted by Crippen LogP contribution is 2.43. The van der Waals surface area contributed by atoms with Crippen LogP contribution in [0.25, 0.3) is 0 Å². The maximum atomic E-state index is 12.1. The molecule has 9 heteroatoms. The van der Waals surface area contributed by atoms with Crippen LogP contribution in [0.5, 0.6) is 0 Å². The molecule has 114 valence electrons. The number of aliphatic hydroxyl groups is 2. The molecule has 1 aliphatic heterocycles. The van der Waals surface area contributed by atoms with Crippen LogP contribution >= 0.6 is 30.1 Å². The number of methoxy groups -OCH3 is 1. The molecule has 0 aromatic rings. The molecule has 1 saturated heterocycles. The van der Waals surface area contributed by atoms with Crippen LogP contribution in [-0.4, -0.2) is 70.9 Å². The minimum absolute atomic E-state index is 0.229. The minimum atomic E-state index is -1.05. The molecule has 2 rings (SSSR count). The van der Waals surface area contributed by atoms with Crippen molar-refractivity contribution < 1.29 is 29.3 Å². The number of likely N-dealkylation sites (tertiary alicyclic amines) is 1. The van der Waals surface area contributed by atoms with Crippen LogP contribution in [0.4, 0.5) is 4.79 Å². The van der Waals surface area contributed by atoms with E-state index in [4.69, 9.17) is 4.74 Å². The summed E-state index contributed by atoms with van der Waals surface area (Å²) in [6, 6.07) is -1.48. The molecule has 2 N–H and O–H groups in total. The number of ether oxygens (including phenoxy) is 2. The Morgan fingerprint density at radius 2 is 2.10 bits per heavy atom. The lowest BCUT2D eigenvalue weighted by Gasteiger charge is -2.37. The Bertz CT molecular complexity index is 397. The Kier molecular flexibility index (Phi) is 5.37. The zero-order chi connectivity index (χ0) is 14.9. The molecule has 1 aliphatic carbocycles.